The molecule has 4 nitrogen and oxygen atoms in total. The molecule has 0 aliphatic carbocycles. The van der Waals surface area contributed by atoms with Gasteiger partial charge in [-0.15, -0.1) is 0 Å². The summed E-state index contributed by atoms with van der Waals surface area (Å²) in [6, 6.07) is 0. The molecule has 0 aromatic heterocycles. The Labute approximate surface area is 57.1 Å². The largest absolute Gasteiger partial charge is 0.489 e. The second kappa shape index (κ2) is 2.13. The molecule has 1 aliphatic rings. The first-order chi connectivity index (χ1) is 4.63. The van der Waals surface area contributed by atoms with Crippen LogP contribution in [0.25, 0.3) is 0 Å². The van der Waals surface area contributed by atoms with Crippen LogP contribution in [-0.2, 0) is 14.3 Å². The highest BCUT2D eigenvalue weighted by molar-refractivity contribution is 6.18. The molecule has 0 fully saturated rings. The van der Waals surface area contributed by atoms with E-state index in [4.69, 9.17) is 5.11 Å². The first-order valence-electron chi connectivity index (χ1n) is 2.73. The van der Waals surface area contributed by atoms with Crippen molar-refractivity contribution in [1.82, 2.24) is 0 Å². The monoisotopic (exact) mass is 142 g/mol. The molecule has 0 radical (unpaired) electrons. The number of allylic oxidation sites excluding steroid dienone is 1. The third-order valence-electron chi connectivity index (χ3n) is 1.26. The third kappa shape index (κ3) is 0.877. The van der Waals surface area contributed by atoms with Gasteiger partial charge >= 0.3 is 5.97 Å². The van der Waals surface area contributed by atoms with E-state index in [0.29, 0.717) is 0 Å². The van der Waals surface area contributed by atoms with Gasteiger partial charge < -0.3 is 9.84 Å². The Morgan fingerprint density at radius 3 is 2.50 bits per heavy atom. The summed E-state index contributed by atoms with van der Waals surface area (Å²) < 4.78 is 4.69. The zero-order valence-electron chi connectivity index (χ0n) is 5.38. The van der Waals surface area contributed by atoms with E-state index in [9.17, 15) is 9.59 Å². The lowest BCUT2D eigenvalue weighted by molar-refractivity contribution is -0.134. The van der Waals surface area contributed by atoms with Crippen molar-refractivity contribution in [2.45, 2.75) is 6.92 Å². The number of hydrogen-bond acceptors (Lipinski definition) is 3. The lowest BCUT2D eigenvalue weighted by Gasteiger charge is -1.90. The minimum Gasteiger partial charge on any atom is -0.489 e. The fraction of sp³-hybridized carbons (Fsp3) is 0.333. The SMILES string of the molecule is CC1=C(C(=O)O)C(=O)CO1. The average Bonchev–Trinajstić information content (AvgIpc) is 2.11. The Balaban J connectivity index is 2.99. The zero-order chi connectivity index (χ0) is 7.72. The molecule has 1 aliphatic heterocycles. The summed E-state index contributed by atoms with van der Waals surface area (Å²) in [5.41, 5.74) is -0.222. The van der Waals surface area contributed by atoms with E-state index in [1.165, 1.54) is 6.92 Å². The summed E-state index contributed by atoms with van der Waals surface area (Å²) in [4.78, 5) is 20.9. The van der Waals surface area contributed by atoms with E-state index in [-0.39, 0.29) is 17.9 Å². The van der Waals surface area contributed by atoms with E-state index in [0.717, 1.165) is 0 Å². The van der Waals surface area contributed by atoms with Crippen LogP contribution in [0.3, 0.4) is 0 Å². The number of ether oxygens (including phenoxy) is 1. The molecule has 10 heavy (non-hydrogen) atoms. The average molecular weight is 142 g/mol. The van der Waals surface area contributed by atoms with Gasteiger partial charge in [0, 0.05) is 0 Å². The Bertz CT molecular complexity index is 226. The van der Waals surface area contributed by atoms with Crippen LogP contribution in [0.15, 0.2) is 11.3 Å². The molecule has 1 rings (SSSR count). The predicted octanol–water partition coefficient (Wildman–Crippen LogP) is -0.0557. The molecule has 0 aromatic carbocycles. The number of carbonyl (C=O) groups is 2. The van der Waals surface area contributed by atoms with Gasteiger partial charge in [-0.25, -0.2) is 4.79 Å². The molecule has 0 unspecified atom stereocenters. The maximum atomic E-state index is 10.7. The van der Waals surface area contributed by atoms with E-state index >= 15 is 0 Å². The normalized spacial score (nSPS) is 17.5. The standard InChI is InChI=1S/C6H6O4/c1-3-5(6(8)9)4(7)2-10-3/h2H2,1H3,(H,8,9). The van der Waals surface area contributed by atoms with Crippen LogP contribution in [0.1, 0.15) is 6.92 Å². The summed E-state index contributed by atoms with van der Waals surface area (Å²) in [7, 11) is 0. The molecule has 0 atom stereocenters. The van der Waals surface area contributed by atoms with Crippen LogP contribution < -0.4 is 0 Å². The topological polar surface area (TPSA) is 63.6 Å². The lowest BCUT2D eigenvalue weighted by Crippen LogP contribution is -2.10. The van der Waals surface area contributed by atoms with Gasteiger partial charge in [-0.05, 0) is 6.92 Å². The summed E-state index contributed by atoms with van der Waals surface area (Å²) in [6.07, 6.45) is 0. The van der Waals surface area contributed by atoms with Crippen molar-refractivity contribution in [3.8, 4) is 0 Å². The summed E-state index contributed by atoms with van der Waals surface area (Å²) in [6.45, 7) is 1.34. The molecule has 4 heteroatoms. The minimum absolute atomic E-state index is 0.131. The molecule has 54 valence electrons. The van der Waals surface area contributed by atoms with Crippen LogP contribution in [-0.4, -0.2) is 23.5 Å². The number of carboxylic acid groups (broad SMARTS) is 1. The van der Waals surface area contributed by atoms with Crippen molar-refractivity contribution in [3.63, 3.8) is 0 Å². The lowest BCUT2D eigenvalue weighted by atomic mass is 10.2. The van der Waals surface area contributed by atoms with E-state index < -0.39 is 11.8 Å². The Morgan fingerprint density at radius 2 is 2.30 bits per heavy atom. The number of carboxylic acids is 1. The number of carbonyl (C=O) groups excluding carboxylic acids is 1. The molecular formula is C6H6O4. The number of hydrogen-bond donors (Lipinski definition) is 1. The van der Waals surface area contributed by atoms with Gasteiger partial charge in [-0.2, -0.15) is 0 Å². The first-order valence-corrected chi connectivity index (χ1v) is 2.73. The maximum Gasteiger partial charge on any atom is 0.342 e. The molecule has 0 aromatic rings. The fourth-order valence-corrected chi connectivity index (χ4v) is 0.784. The molecule has 1 heterocycles. The molecular weight excluding hydrogens is 136 g/mol. The van der Waals surface area contributed by atoms with Crippen LogP contribution >= 0.6 is 0 Å². The van der Waals surface area contributed by atoms with Crippen molar-refractivity contribution >= 4 is 11.8 Å². The number of rotatable bonds is 1. The van der Waals surface area contributed by atoms with Crippen molar-refractivity contribution in [1.29, 1.82) is 0 Å². The second-order valence-corrected chi connectivity index (χ2v) is 1.95. The van der Waals surface area contributed by atoms with E-state index in [1.807, 2.05) is 0 Å². The Morgan fingerprint density at radius 1 is 1.70 bits per heavy atom. The Hall–Kier alpha value is -1.32. The number of Topliss-reactive ketones (excluding diaryl/α,β-unsaturated/α-hetero) is 1. The Kier molecular flexibility index (Phi) is 1.45. The van der Waals surface area contributed by atoms with Crippen LogP contribution in [0.5, 0.6) is 0 Å². The van der Waals surface area contributed by atoms with Crippen LogP contribution in [0.4, 0.5) is 0 Å². The van der Waals surface area contributed by atoms with Gasteiger partial charge in [0.05, 0.1) is 0 Å². The number of ketones is 1. The predicted molar refractivity (Wildman–Crippen MR) is 31.3 cm³/mol. The van der Waals surface area contributed by atoms with Crippen molar-refractivity contribution in [2.24, 2.45) is 0 Å². The van der Waals surface area contributed by atoms with Gasteiger partial charge in [-0.3, -0.25) is 4.79 Å². The van der Waals surface area contributed by atoms with Crippen LogP contribution in [0, 0.1) is 0 Å². The molecule has 0 bridgehead atoms. The fourth-order valence-electron chi connectivity index (χ4n) is 0.784. The molecule has 1 N–H and O–H groups in total. The molecule has 0 spiro atoms. The van der Waals surface area contributed by atoms with E-state index in [2.05, 4.69) is 4.74 Å². The van der Waals surface area contributed by atoms with Gasteiger partial charge in [0.1, 0.15) is 11.3 Å². The summed E-state index contributed by atoms with van der Waals surface area (Å²) in [5, 5.41) is 8.40. The van der Waals surface area contributed by atoms with Crippen molar-refractivity contribution < 1.29 is 19.4 Å². The van der Waals surface area contributed by atoms with Crippen molar-refractivity contribution in [3.05, 3.63) is 11.3 Å². The second-order valence-electron chi connectivity index (χ2n) is 1.95. The molecule has 0 saturated heterocycles. The van der Waals surface area contributed by atoms with Gasteiger partial charge in [-0.1, -0.05) is 0 Å². The van der Waals surface area contributed by atoms with Gasteiger partial charge in [0.25, 0.3) is 0 Å². The highest BCUT2D eigenvalue weighted by Gasteiger charge is 2.27. The first kappa shape index (κ1) is 6.80. The maximum absolute atomic E-state index is 10.7. The van der Waals surface area contributed by atoms with Crippen LogP contribution in [0.2, 0.25) is 0 Å². The third-order valence-corrected chi connectivity index (χ3v) is 1.26. The van der Waals surface area contributed by atoms with Crippen molar-refractivity contribution in [2.75, 3.05) is 6.61 Å². The molecule has 0 amide bonds. The number of aliphatic carboxylic acids is 1. The summed E-state index contributed by atoms with van der Waals surface area (Å²) in [5.74, 6) is -1.46. The summed E-state index contributed by atoms with van der Waals surface area (Å²) >= 11 is 0. The van der Waals surface area contributed by atoms with E-state index in [1.54, 1.807) is 0 Å². The van der Waals surface area contributed by atoms with Gasteiger partial charge in [0.15, 0.2) is 6.61 Å². The smallest absolute Gasteiger partial charge is 0.342 e. The minimum atomic E-state index is -1.21. The highest BCUT2D eigenvalue weighted by atomic mass is 16.5. The zero-order valence-corrected chi connectivity index (χ0v) is 5.38. The van der Waals surface area contributed by atoms with Gasteiger partial charge in [0.2, 0.25) is 5.78 Å². The highest BCUT2D eigenvalue weighted by Crippen LogP contribution is 2.14. The molecule has 0 saturated carbocycles. The quantitative estimate of drug-likeness (QED) is 0.521.